The molecule has 2 aromatic rings. The highest BCUT2D eigenvalue weighted by molar-refractivity contribution is 7.09. The van der Waals surface area contributed by atoms with Gasteiger partial charge >= 0.3 is 0 Å². The second kappa shape index (κ2) is 7.05. The molecule has 1 aromatic heterocycles. The molecule has 3 nitrogen and oxygen atoms in total. The minimum absolute atomic E-state index is 0.0790. The van der Waals surface area contributed by atoms with Gasteiger partial charge in [0.25, 0.3) is 5.91 Å². The van der Waals surface area contributed by atoms with Crippen LogP contribution in [0.3, 0.4) is 0 Å². The number of carbonyl (C=O) groups excluding carboxylic acids is 1. The van der Waals surface area contributed by atoms with Gasteiger partial charge in [0.15, 0.2) is 6.61 Å². The molecule has 1 heterocycles. The number of halogens is 1. The summed E-state index contributed by atoms with van der Waals surface area (Å²) < 4.78 is 18.2. The number of carbonyl (C=O) groups is 1. The molecule has 0 unspecified atom stereocenters. The Hall–Kier alpha value is -1.88. The van der Waals surface area contributed by atoms with E-state index in [0.717, 1.165) is 6.42 Å². The summed E-state index contributed by atoms with van der Waals surface area (Å²) in [6.45, 7) is 0.566. The van der Waals surface area contributed by atoms with Crippen LogP contribution < -0.4 is 4.74 Å². The Morgan fingerprint density at radius 1 is 1.35 bits per heavy atom. The molecule has 2 rings (SSSR count). The molecule has 0 aliphatic carbocycles. The highest BCUT2D eigenvalue weighted by Gasteiger charge is 2.10. The Bertz CT molecular complexity index is 557. The summed E-state index contributed by atoms with van der Waals surface area (Å²) in [6, 6.07) is 9.82. The number of thiophene rings is 1. The quantitative estimate of drug-likeness (QED) is 0.819. The predicted molar refractivity (Wildman–Crippen MR) is 77.6 cm³/mol. The van der Waals surface area contributed by atoms with Gasteiger partial charge in [-0.2, -0.15) is 0 Å². The van der Waals surface area contributed by atoms with Crippen molar-refractivity contribution in [2.45, 2.75) is 6.42 Å². The van der Waals surface area contributed by atoms with Crippen LogP contribution in [0.5, 0.6) is 5.75 Å². The lowest BCUT2D eigenvalue weighted by molar-refractivity contribution is -0.132. The van der Waals surface area contributed by atoms with E-state index in [0.29, 0.717) is 12.3 Å². The van der Waals surface area contributed by atoms with E-state index >= 15 is 0 Å². The van der Waals surface area contributed by atoms with Gasteiger partial charge in [-0.1, -0.05) is 12.1 Å². The van der Waals surface area contributed by atoms with Crippen LogP contribution in [0.4, 0.5) is 4.39 Å². The summed E-state index contributed by atoms with van der Waals surface area (Å²) in [5.74, 6) is -0.128. The number of nitrogens with zero attached hydrogens (tertiary/aromatic N) is 1. The minimum Gasteiger partial charge on any atom is -0.484 e. The Balaban J connectivity index is 1.76. The standard InChI is InChI=1S/C15H16FNO2S/c1-17(8-7-14-6-3-9-20-14)15(18)11-19-13-5-2-4-12(16)10-13/h2-6,9-10H,7-8,11H2,1H3. The van der Waals surface area contributed by atoms with Crippen molar-refractivity contribution >= 4 is 17.2 Å². The van der Waals surface area contributed by atoms with Gasteiger partial charge in [0.1, 0.15) is 11.6 Å². The van der Waals surface area contributed by atoms with E-state index in [2.05, 4.69) is 0 Å². The number of hydrogen-bond acceptors (Lipinski definition) is 3. The zero-order chi connectivity index (χ0) is 14.4. The topological polar surface area (TPSA) is 29.5 Å². The average molecular weight is 293 g/mol. The predicted octanol–water partition coefficient (Wildman–Crippen LogP) is 2.97. The molecule has 106 valence electrons. The molecule has 0 fully saturated rings. The van der Waals surface area contributed by atoms with Crippen LogP contribution >= 0.6 is 11.3 Å². The van der Waals surface area contributed by atoms with Crippen molar-refractivity contribution in [3.8, 4) is 5.75 Å². The first kappa shape index (κ1) is 14.5. The first-order valence-corrected chi connectivity index (χ1v) is 7.18. The third kappa shape index (κ3) is 4.35. The highest BCUT2D eigenvalue weighted by atomic mass is 32.1. The summed E-state index contributed by atoms with van der Waals surface area (Å²) >= 11 is 1.68. The van der Waals surface area contributed by atoms with E-state index in [4.69, 9.17) is 4.74 Å². The van der Waals surface area contributed by atoms with Crippen molar-refractivity contribution in [1.82, 2.24) is 4.90 Å². The number of amides is 1. The van der Waals surface area contributed by atoms with Gasteiger partial charge in [-0.15, -0.1) is 11.3 Å². The number of hydrogen-bond donors (Lipinski definition) is 0. The van der Waals surface area contributed by atoms with Crippen molar-refractivity contribution < 1.29 is 13.9 Å². The lowest BCUT2D eigenvalue weighted by Gasteiger charge is -2.17. The van der Waals surface area contributed by atoms with E-state index in [-0.39, 0.29) is 18.3 Å². The highest BCUT2D eigenvalue weighted by Crippen LogP contribution is 2.12. The molecule has 0 aliphatic rings. The number of likely N-dealkylation sites (N-methyl/N-ethyl adjacent to an activating group) is 1. The number of rotatable bonds is 6. The van der Waals surface area contributed by atoms with Gasteiger partial charge in [-0.25, -0.2) is 4.39 Å². The third-order valence-electron chi connectivity index (χ3n) is 2.86. The maximum absolute atomic E-state index is 13.0. The monoisotopic (exact) mass is 293 g/mol. The van der Waals surface area contributed by atoms with Crippen LogP contribution in [0.2, 0.25) is 0 Å². The average Bonchev–Trinajstić information content (AvgIpc) is 2.95. The molecule has 0 atom stereocenters. The summed E-state index contributed by atoms with van der Waals surface area (Å²) in [6.07, 6.45) is 0.833. The molecular formula is C15H16FNO2S. The van der Waals surface area contributed by atoms with Gasteiger partial charge in [-0.3, -0.25) is 4.79 Å². The summed E-state index contributed by atoms with van der Waals surface area (Å²) in [5.41, 5.74) is 0. The van der Waals surface area contributed by atoms with Crippen molar-refractivity contribution in [1.29, 1.82) is 0 Å². The first-order valence-electron chi connectivity index (χ1n) is 6.30. The Labute approximate surface area is 121 Å². The van der Waals surface area contributed by atoms with E-state index in [9.17, 15) is 9.18 Å². The summed E-state index contributed by atoms with van der Waals surface area (Å²) in [5, 5.41) is 2.02. The Morgan fingerprint density at radius 3 is 2.90 bits per heavy atom. The second-order valence-corrected chi connectivity index (χ2v) is 5.42. The zero-order valence-electron chi connectivity index (χ0n) is 11.2. The summed E-state index contributed by atoms with van der Waals surface area (Å²) in [4.78, 5) is 14.7. The smallest absolute Gasteiger partial charge is 0.260 e. The normalized spacial score (nSPS) is 10.3. The fraction of sp³-hybridized carbons (Fsp3) is 0.267. The third-order valence-corrected chi connectivity index (χ3v) is 3.79. The van der Waals surface area contributed by atoms with Crippen LogP contribution in [0, 0.1) is 5.82 Å². The van der Waals surface area contributed by atoms with E-state index in [1.165, 1.54) is 17.0 Å². The van der Waals surface area contributed by atoms with Crippen LogP contribution in [-0.2, 0) is 11.2 Å². The number of benzene rings is 1. The van der Waals surface area contributed by atoms with Gasteiger partial charge < -0.3 is 9.64 Å². The van der Waals surface area contributed by atoms with Crippen LogP contribution in [-0.4, -0.2) is 31.0 Å². The lowest BCUT2D eigenvalue weighted by atomic mass is 10.3. The molecule has 0 spiro atoms. The molecule has 0 radical (unpaired) electrons. The second-order valence-electron chi connectivity index (χ2n) is 4.39. The maximum atomic E-state index is 13.0. The molecule has 0 bridgehead atoms. The van der Waals surface area contributed by atoms with Gasteiger partial charge in [0.2, 0.25) is 0 Å². The lowest BCUT2D eigenvalue weighted by Crippen LogP contribution is -2.32. The first-order chi connectivity index (χ1) is 9.65. The molecular weight excluding hydrogens is 277 g/mol. The fourth-order valence-corrected chi connectivity index (χ4v) is 2.37. The van der Waals surface area contributed by atoms with Crippen molar-refractivity contribution in [2.24, 2.45) is 0 Å². The van der Waals surface area contributed by atoms with E-state index < -0.39 is 0 Å². The van der Waals surface area contributed by atoms with Crippen LogP contribution in [0.1, 0.15) is 4.88 Å². The molecule has 1 aromatic carbocycles. The molecule has 5 heteroatoms. The number of ether oxygens (including phenoxy) is 1. The summed E-state index contributed by atoms with van der Waals surface area (Å²) in [7, 11) is 1.74. The van der Waals surface area contributed by atoms with Crippen molar-refractivity contribution in [2.75, 3.05) is 20.2 Å². The molecule has 20 heavy (non-hydrogen) atoms. The molecule has 0 saturated heterocycles. The fourth-order valence-electron chi connectivity index (χ4n) is 1.67. The Kier molecular flexibility index (Phi) is 5.12. The zero-order valence-corrected chi connectivity index (χ0v) is 12.0. The van der Waals surface area contributed by atoms with Crippen molar-refractivity contribution in [3.63, 3.8) is 0 Å². The largest absolute Gasteiger partial charge is 0.484 e. The molecule has 0 aliphatic heterocycles. The Morgan fingerprint density at radius 2 is 2.20 bits per heavy atom. The molecule has 1 amide bonds. The maximum Gasteiger partial charge on any atom is 0.260 e. The SMILES string of the molecule is CN(CCc1cccs1)C(=O)COc1cccc(F)c1. The van der Waals surface area contributed by atoms with Gasteiger partial charge in [0.05, 0.1) is 0 Å². The van der Waals surface area contributed by atoms with Crippen LogP contribution in [0.25, 0.3) is 0 Å². The molecule has 0 saturated carbocycles. The van der Waals surface area contributed by atoms with Crippen molar-refractivity contribution in [3.05, 3.63) is 52.5 Å². The van der Waals surface area contributed by atoms with Crippen LogP contribution in [0.15, 0.2) is 41.8 Å². The van der Waals surface area contributed by atoms with E-state index in [1.807, 2.05) is 17.5 Å². The minimum atomic E-state index is -0.374. The van der Waals surface area contributed by atoms with Gasteiger partial charge in [0, 0.05) is 24.5 Å². The molecule has 0 N–H and O–H groups in total. The van der Waals surface area contributed by atoms with E-state index in [1.54, 1.807) is 35.4 Å². The van der Waals surface area contributed by atoms with Gasteiger partial charge in [-0.05, 0) is 30.0 Å².